The van der Waals surface area contributed by atoms with Crippen molar-refractivity contribution in [3.8, 4) is 0 Å². The Morgan fingerprint density at radius 2 is 1.88 bits per heavy atom. The smallest absolute Gasteiger partial charge is 0.254 e. The number of hydrogen-bond donors (Lipinski definition) is 2. The number of carbonyl (C=O) groups excluding carboxylic acids is 1. The van der Waals surface area contributed by atoms with E-state index in [1.807, 2.05) is 48.5 Å². The molecule has 0 spiro atoms. The molecule has 3 rings (SSSR count). The van der Waals surface area contributed by atoms with E-state index in [1.165, 1.54) is 0 Å². The third-order valence-electron chi connectivity index (χ3n) is 3.96. The van der Waals surface area contributed by atoms with Crippen molar-refractivity contribution < 1.29 is 4.79 Å². The van der Waals surface area contributed by atoms with Crippen LogP contribution in [0.4, 0.5) is 0 Å². The van der Waals surface area contributed by atoms with Crippen molar-refractivity contribution in [3.63, 3.8) is 0 Å². The predicted octanol–water partition coefficient (Wildman–Crippen LogP) is 3.44. The Morgan fingerprint density at radius 3 is 2.58 bits per heavy atom. The quantitative estimate of drug-likeness (QED) is 0.701. The molecule has 1 aromatic heterocycles. The fraction of sp³-hybridized carbons (Fsp3) is 0.100. The Morgan fingerprint density at radius 1 is 1.15 bits per heavy atom. The lowest BCUT2D eigenvalue weighted by atomic mass is 10.1. The molecule has 3 aromatic rings. The molecule has 0 fully saturated rings. The topological polar surface area (TPSA) is 72.9 Å². The minimum absolute atomic E-state index is 0.178. The highest BCUT2D eigenvalue weighted by Gasteiger charge is 2.09. The summed E-state index contributed by atoms with van der Waals surface area (Å²) in [5.74, 6) is -0.178. The minimum Gasteiger partial charge on any atom is -0.399 e. The van der Waals surface area contributed by atoms with Gasteiger partial charge in [-0.3, -0.25) is 9.48 Å². The molecule has 0 unspecified atom stereocenters. The van der Waals surface area contributed by atoms with Crippen molar-refractivity contribution in [2.24, 2.45) is 5.73 Å². The summed E-state index contributed by atoms with van der Waals surface area (Å²) in [7, 11) is 0. The third-order valence-corrected chi connectivity index (χ3v) is 4.33. The molecular formula is C20H19ClN4O. The molecule has 132 valence electrons. The lowest BCUT2D eigenvalue weighted by molar-refractivity contribution is 0.0951. The molecule has 0 aliphatic carbocycles. The summed E-state index contributed by atoms with van der Waals surface area (Å²) in [6.07, 6.45) is 3.26. The van der Waals surface area contributed by atoms with Crippen molar-refractivity contribution >= 4 is 23.2 Å². The molecule has 6 heteroatoms. The number of rotatable bonds is 6. The van der Waals surface area contributed by atoms with Crippen molar-refractivity contribution in [1.29, 1.82) is 0 Å². The molecule has 0 aliphatic heterocycles. The van der Waals surface area contributed by atoms with Crippen LogP contribution in [-0.4, -0.2) is 15.7 Å². The highest BCUT2D eigenvalue weighted by molar-refractivity contribution is 6.31. The average Bonchev–Trinajstić information content (AvgIpc) is 3.10. The van der Waals surface area contributed by atoms with Gasteiger partial charge in [0.15, 0.2) is 0 Å². The Hall–Kier alpha value is -3.05. The molecule has 1 heterocycles. The molecule has 0 saturated heterocycles. The van der Waals surface area contributed by atoms with Gasteiger partial charge in [-0.25, -0.2) is 0 Å². The highest BCUT2D eigenvalue weighted by Crippen LogP contribution is 2.16. The normalized spacial score (nSPS) is 10.5. The maximum Gasteiger partial charge on any atom is 0.254 e. The maximum atomic E-state index is 12.3. The van der Waals surface area contributed by atoms with Gasteiger partial charge in [0.05, 0.1) is 18.3 Å². The average molecular weight is 367 g/mol. The third kappa shape index (κ3) is 4.32. The van der Waals surface area contributed by atoms with Crippen LogP contribution in [0, 0.1) is 0 Å². The first-order chi connectivity index (χ1) is 12.5. The van der Waals surface area contributed by atoms with E-state index in [0.29, 0.717) is 29.4 Å². The second-order valence-corrected chi connectivity index (χ2v) is 6.33. The monoisotopic (exact) mass is 366 g/mol. The summed E-state index contributed by atoms with van der Waals surface area (Å²) in [6.45, 7) is 4.63. The van der Waals surface area contributed by atoms with Crippen LogP contribution >= 0.6 is 11.6 Å². The number of halogens is 1. The van der Waals surface area contributed by atoms with Gasteiger partial charge < -0.3 is 11.1 Å². The van der Waals surface area contributed by atoms with E-state index in [2.05, 4.69) is 17.0 Å². The Bertz CT molecular complexity index is 931. The largest absolute Gasteiger partial charge is 0.399 e. The van der Waals surface area contributed by atoms with E-state index in [4.69, 9.17) is 17.3 Å². The first-order valence-corrected chi connectivity index (χ1v) is 8.48. The number of nitrogens with zero attached hydrogens (tertiary/aromatic N) is 2. The van der Waals surface area contributed by atoms with E-state index < -0.39 is 0 Å². The molecule has 0 radical (unpaired) electrons. The van der Waals surface area contributed by atoms with E-state index in [-0.39, 0.29) is 5.91 Å². The number of nitrogens with one attached hydrogen (secondary N) is 1. The molecule has 0 saturated carbocycles. The zero-order valence-corrected chi connectivity index (χ0v) is 14.9. The first-order valence-electron chi connectivity index (χ1n) is 8.10. The predicted molar refractivity (Wildman–Crippen MR) is 104 cm³/mol. The van der Waals surface area contributed by atoms with Crippen LogP contribution in [0.25, 0.3) is 5.70 Å². The first kappa shape index (κ1) is 17.8. The Balaban J connectivity index is 1.59. The number of nitrogens with two attached hydrogens (primary N) is 1. The van der Waals surface area contributed by atoms with Crippen molar-refractivity contribution in [3.05, 3.63) is 94.8 Å². The molecule has 26 heavy (non-hydrogen) atoms. The summed E-state index contributed by atoms with van der Waals surface area (Å²) in [5.41, 5.74) is 9.47. The van der Waals surface area contributed by atoms with Gasteiger partial charge in [0.1, 0.15) is 0 Å². The molecular weight excluding hydrogens is 348 g/mol. The Labute approximate surface area is 157 Å². The van der Waals surface area contributed by atoms with Gasteiger partial charge in [0, 0.05) is 23.5 Å². The lowest BCUT2D eigenvalue weighted by Crippen LogP contribution is -2.22. The minimum atomic E-state index is -0.178. The Kier molecular flexibility index (Phi) is 5.39. The molecule has 3 N–H and O–H groups in total. The zero-order chi connectivity index (χ0) is 18.5. The van der Waals surface area contributed by atoms with Crippen LogP contribution < -0.4 is 11.1 Å². The van der Waals surface area contributed by atoms with E-state index in [9.17, 15) is 4.79 Å². The van der Waals surface area contributed by atoms with Crippen LogP contribution in [-0.2, 0) is 13.1 Å². The van der Waals surface area contributed by atoms with Crippen molar-refractivity contribution in [2.75, 3.05) is 0 Å². The molecule has 5 nitrogen and oxygen atoms in total. The zero-order valence-electron chi connectivity index (χ0n) is 14.2. The van der Waals surface area contributed by atoms with Gasteiger partial charge >= 0.3 is 0 Å². The highest BCUT2D eigenvalue weighted by atomic mass is 35.5. The van der Waals surface area contributed by atoms with Gasteiger partial charge in [0.2, 0.25) is 0 Å². The summed E-state index contributed by atoms with van der Waals surface area (Å²) in [5, 5.41) is 7.79. The second-order valence-electron chi connectivity index (χ2n) is 5.92. The second kappa shape index (κ2) is 7.89. The molecule has 2 aromatic carbocycles. The van der Waals surface area contributed by atoms with Crippen LogP contribution in [0.1, 0.15) is 27.0 Å². The number of benzene rings is 2. The molecule has 0 aliphatic rings. The van der Waals surface area contributed by atoms with Crippen LogP contribution in [0.15, 0.2) is 67.5 Å². The van der Waals surface area contributed by atoms with Gasteiger partial charge in [0.25, 0.3) is 5.91 Å². The van der Waals surface area contributed by atoms with E-state index in [0.717, 1.165) is 16.7 Å². The number of carbonyl (C=O) groups is 1. The standard InChI is InChI=1S/C20H19ClN4O/c1-14(22)16-8-6-15(7-9-16)10-23-20(26)18-11-24-25(13-18)12-17-4-2-3-5-19(17)21/h2-9,11,13H,1,10,12,22H2,(H,23,26). The van der Waals surface area contributed by atoms with Crippen molar-refractivity contribution in [2.45, 2.75) is 13.1 Å². The van der Waals surface area contributed by atoms with Gasteiger partial charge in [-0.1, -0.05) is 60.6 Å². The summed E-state index contributed by atoms with van der Waals surface area (Å²) in [6, 6.07) is 15.1. The van der Waals surface area contributed by atoms with Gasteiger partial charge in [-0.05, 0) is 22.8 Å². The van der Waals surface area contributed by atoms with E-state index in [1.54, 1.807) is 17.1 Å². The van der Waals surface area contributed by atoms with Gasteiger partial charge in [-0.2, -0.15) is 5.10 Å². The van der Waals surface area contributed by atoms with Crippen LogP contribution in [0.5, 0.6) is 0 Å². The SMILES string of the molecule is C=C(N)c1ccc(CNC(=O)c2cnn(Cc3ccccc3Cl)c2)cc1. The molecule has 1 amide bonds. The number of amides is 1. The number of hydrogen-bond acceptors (Lipinski definition) is 3. The van der Waals surface area contributed by atoms with Crippen LogP contribution in [0.2, 0.25) is 5.02 Å². The van der Waals surface area contributed by atoms with Crippen molar-refractivity contribution in [1.82, 2.24) is 15.1 Å². The summed E-state index contributed by atoms with van der Waals surface area (Å²) >= 11 is 6.16. The maximum absolute atomic E-state index is 12.3. The fourth-order valence-electron chi connectivity index (χ4n) is 2.49. The fourth-order valence-corrected chi connectivity index (χ4v) is 2.69. The summed E-state index contributed by atoms with van der Waals surface area (Å²) in [4.78, 5) is 12.3. The molecule has 0 atom stereocenters. The molecule has 0 bridgehead atoms. The lowest BCUT2D eigenvalue weighted by Gasteiger charge is -2.06. The summed E-state index contributed by atoms with van der Waals surface area (Å²) < 4.78 is 1.69. The van der Waals surface area contributed by atoms with Gasteiger partial charge in [-0.15, -0.1) is 0 Å². The van der Waals surface area contributed by atoms with Crippen LogP contribution in [0.3, 0.4) is 0 Å². The number of aromatic nitrogens is 2. The van der Waals surface area contributed by atoms with E-state index >= 15 is 0 Å².